The van der Waals surface area contributed by atoms with Crippen LogP contribution < -0.4 is 5.14 Å². The van der Waals surface area contributed by atoms with Crippen molar-refractivity contribution >= 4 is 27.9 Å². The lowest BCUT2D eigenvalue weighted by molar-refractivity contribution is 1.16. The van der Waals surface area contributed by atoms with Gasteiger partial charge in [0.25, 0.3) is 0 Å². The van der Waals surface area contributed by atoms with E-state index in [4.69, 9.17) is 5.14 Å². The van der Waals surface area contributed by atoms with E-state index in [0.717, 1.165) is 16.6 Å². The molecule has 0 aliphatic heterocycles. The van der Waals surface area contributed by atoms with Crippen molar-refractivity contribution in [3.63, 3.8) is 0 Å². The number of halogens is 1. The molecule has 0 saturated heterocycles. The fourth-order valence-electron chi connectivity index (χ4n) is 0.828. The Labute approximate surface area is 79.6 Å². The van der Waals surface area contributed by atoms with E-state index in [1.54, 1.807) is 0 Å². The summed E-state index contributed by atoms with van der Waals surface area (Å²) in [5, 5.41) is 5.31. The smallest absolute Gasteiger partial charge is 0.0175 e. The van der Waals surface area contributed by atoms with Gasteiger partial charge < -0.3 is 0 Å². The number of hydrogen-bond acceptors (Lipinski definition) is 2. The van der Waals surface area contributed by atoms with Crippen LogP contribution in [0.5, 0.6) is 0 Å². The van der Waals surface area contributed by atoms with Gasteiger partial charge >= 0.3 is 0 Å². The first-order chi connectivity index (χ1) is 5.33. The third-order valence-electron chi connectivity index (χ3n) is 1.42. The zero-order valence-corrected chi connectivity index (χ0v) is 8.49. The fourth-order valence-corrected chi connectivity index (χ4v) is 1.45. The molecular weight excluding hydrogens is 222 g/mol. The molecule has 0 atom stereocenters. The Kier molecular flexibility index (Phi) is 3.97. The van der Waals surface area contributed by atoms with Crippen LogP contribution in [0.2, 0.25) is 0 Å². The first-order valence-electron chi connectivity index (χ1n) is 3.39. The van der Waals surface area contributed by atoms with Crippen LogP contribution in [0.1, 0.15) is 5.56 Å². The van der Waals surface area contributed by atoms with Gasteiger partial charge in [0.15, 0.2) is 0 Å². The average molecular weight is 232 g/mol. The van der Waals surface area contributed by atoms with E-state index >= 15 is 0 Å². The summed E-state index contributed by atoms with van der Waals surface area (Å²) in [6, 6.07) is 8.33. The predicted molar refractivity (Wildman–Crippen MR) is 54.5 cm³/mol. The van der Waals surface area contributed by atoms with E-state index in [2.05, 4.69) is 40.2 Å². The zero-order chi connectivity index (χ0) is 8.10. The molecule has 2 N–H and O–H groups in total. The molecule has 0 spiro atoms. The highest BCUT2D eigenvalue weighted by Crippen LogP contribution is 2.11. The Balaban J connectivity index is 2.52. The quantitative estimate of drug-likeness (QED) is 0.810. The van der Waals surface area contributed by atoms with Crippen molar-refractivity contribution in [2.24, 2.45) is 5.14 Å². The first kappa shape index (κ1) is 9.10. The Hall–Kier alpha value is 0.01000. The molecule has 0 saturated carbocycles. The topological polar surface area (TPSA) is 26.0 Å². The third-order valence-corrected chi connectivity index (χ3v) is 2.39. The van der Waals surface area contributed by atoms with Gasteiger partial charge in [-0.2, -0.15) is 0 Å². The van der Waals surface area contributed by atoms with Gasteiger partial charge in [0.2, 0.25) is 0 Å². The highest BCUT2D eigenvalue weighted by Gasteiger charge is 1.91. The molecule has 0 unspecified atom stereocenters. The Bertz CT molecular complexity index is 210. The van der Waals surface area contributed by atoms with Crippen molar-refractivity contribution in [2.75, 3.05) is 5.75 Å². The van der Waals surface area contributed by atoms with Crippen LogP contribution in [0.15, 0.2) is 28.7 Å². The second kappa shape index (κ2) is 4.80. The van der Waals surface area contributed by atoms with Gasteiger partial charge in [0.1, 0.15) is 0 Å². The molecule has 0 aliphatic carbocycles. The molecule has 0 fully saturated rings. The molecule has 1 aromatic carbocycles. The maximum absolute atomic E-state index is 5.31. The highest BCUT2D eigenvalue weighted by atomic mass is 79.9. The molecule has 1 nitrogen and oxygen atoms in total. The molecule has 3 heteroatoms. The summed E-state index contributed by atoms with van der Waals surface area (Å²) < 4.78 is 1.13. The SMILES string of the molecule is NSCCc1ccc(Br)cc1. The van der Waals surface area contributed by atoms with Crippen molar-refractivity contribution in [3.8, 4) is 0 Å². The van der Waals surface area contributed by atoms with Crippen molar-refractivity contribution in [1.82, 2.24) is 0 Å². The largest absolute Gasteiger partial charge is 0.278 e. The number of hydrogen-bond donors (Lipinski definition) is 1. The second-order valence-corrected chi connectivity index (χ2v) is 3.90. The lowest BCUT2D eigenvalue weighted by Crippen LogP contribution is -1.90. The van der Waals surface area contributed by atoms with E-state index in [1.165, 1.54) is 17.5 Å². The van der Waals surface area contributed by atoms with E-state index < -0.39 is 0 Å². The van der Waals surface area contributed by atoms with Crippen LogP contribution in [0.4, 0.5) is 0 Å². The van der Waals surface area contributed by atoms with Gasteiger partial charge in [-0.25, -0.2) is 0 Å². The van der Waals surface area contributed by atoms with Crippen molar-refractivity contribution in [2.45, 2.75) is 6.42 Å². The van der Waals surface area contributed by atoms with E-state index in [0.29, 0.717) is 0 Å². The normalized spacial score (nSPS) is 10.0. The summed E-state index contributed by atoms with van der Waals surface area (Å²) in [5.41, 5.74) is 1.34. The van der Waals surface area contributed by atoms with E-state index in [-0.39, 0.29) is 0 Å². The van der Waals surface area contributed by atoms with Crippen LogP contribution in [0.3, 0.4) is 0 Å². The minimum atomic E-state index is 0.988. The summed E-state index contributed by atoms with van der Waals surface area (Å²) in [6.45, 7) is 0. The van der Waals surface area contributed by atoms with Crippen molar-refractivity contribution in [3.05, 3.63) is 34.3 Å². The highest BCUT2D eigenvalue weighted by molar-refractivity contribution is 9.10. The molecule has 0 aliphatic rings. The Morgan fingerprint density at radius 3 is 2.45 bits per heavy atom. The van der Waals surface area contributed by atoms with Gasteiger partial charge in [0, 0.05) is 10.2 Å². The van der Waals surface area contributed by atoms with Crippen LogP contribution >= 0.6 is 27.9 Å². The molecule has 0 bridgehead atoms. The number of aryl methyl sites for hydroxylation is 1. The molecule has 60 valence electrons. The molecule has 0 heterocycles. The lowest BCUT2D eigenvalue weighted by Gasteiger charge is -1.98. The number of rotatable bonds is 3. The molecule has 0 amide bonds. The molecule has 11 heavy (non-hydrogen) atoms. The number of nitrogens with two attached hydrogens (primary N) is 1. The van der Waals surface area contributed by atoms with Gasteiger partial charge in [0.05, 0.1) is 0 Å². The van der Waals surface area contributed by atoms with Gasteiger partial charge in [-0.05, 0) is 24.1 Å². The zero-order valence-electron chi connectivity index (χ0n) is 6.09. The van der Waals surface area contributed by atoms with E-state index in [9.17, 15) is 0 Å². The van der Waals surface area contributed by atoms with Gasteiger partial charge in [-0.1, -0.05) is 40.0 Å². The van der Waals surface area contributed by atoms with Crippen molar-refractivity contribution < 1.29 is 0 Å². The van der Waals surface area contributed by atoms with Crippen LogP contribution in [-0.4, -0.2) is 5.75 Å². The minimum absolute atomic E-state index is 0.988. The summed E-state index contributed by atoms with van der Waals surface area (Å²) in [5.74, 6) is 0.988. The van der Waals surface area contributed by atoms with Gasteiger partial charge in [-0.15, -0.1) is 0 Å². The standard InChI is InChI=1S/C8H10BrNS/c9-8-3-1-7(2-4-8)5-6-11-10/h1-4H,5-6,10H2. The molecule has 1 aromatic rings. The predicted octanol–water partition coefficient (Wildman–Crippen LogP) is 2.60. The third kappa shape index (κ3) is 3.27. The summed E-state index contributed by atoms with van der Waals surface area (Å²) in [6.07, 6.45) is 1.05. The molecule has 1 rings (SSSR count). The first-order valence-corrected chi connectivity index (χ1v) is 5.23. The van der Waals surface area contributed by atoms with Crippen LogP contribution in [0, 0.1) is 0 Å². The maximum atomic E-state index is 5.31. The fraction of sp³-hybridized carbons (Fsp3) is 0.250. The van der Waals surface area contributed by atoms with Crippen LogP contribution in [0.25, 0.3) is 0 Å². The lowest BCUT2D eigenvalue weighted by atomic mass is 10.2. The maximum Gasteiger partial charge on any atom is 0.0175 e. The summed E-state index contributed by atoms with van der Waals surface area (Å²) in [4.78, 5) is 0. The number of benzene rings is 1. The Morgan fingerprint density at radius 2 is 1.91 bits per heavy atom. The minimum Gasteiger partial charge on any atom is -0.278 e. The molecule has 0 aromatic heterocycles. The monoisotopic (exact) mass is 231 g/mol. The summed E-state index contributed by atoms with van der Waals surface area (Å²) >= 11 is 4.77. The summed E-state index contributed by atoms with van der Waals surface area (Å²) in [7, 11) is 0. The average Bonchev–Trinajstić information content (AvgIpc) is 2.04. The molecule has 0 radical (unpaired) electrons. The molecular formula is C8H10BrNS. The Morgan fingerprint density at radius 1 is 1.27 bits per heavy atom. The second-order valence-electron chi connectivity index (χ2n) is 2.25. The van der Waals surface area contributed by atoms with Crippen molar-refractivity contribution in [1.29, 1.82) is 0 Å². The van der Waals surface area contributed by atoms with Crippen LogP contribution in [-0.2, 0) is 6.42 Å². The van der Waals surface area contributed by atoms with Gasteiger partial charge in [-0.3, -0.25) is 5.14 Å². The van der Waals surface area contributed by atoms with E-state index in [1.807, 2.05) is 0 Å².